The van der Waals surface area contributed by atoms with Gasteiger partial charge in [0.25, 0.3) is 0 Å². The van der Waals surface area contributed by atoms with Crippen molar-refractivity contribution in [2.45, 2.75) is 164 Å². The van der Waals surface area contributed by atoms with E-state index in [1.807, 2.05) is 60.7 Å². The fraction of sp³-hybridized carbons (Fsp3) is 0.462. The van der Waals surface area contributed by atoms with Gasteiger partial charge in [-0.3, -0.25) is 0 Å². The van der Waals surface area contributed by atoms with E-state index in [-0.39, 0.29) is 32.1 Å². The van der Waals surface area contributed by atoms with Gasteiger partial charge in [0.05, 0.1) is 0 Å². The molecule has 0 aromatic heterocycles. The van der Waals surface area contributed by atoms with Crippen LogP contribution in [0.15, 0.2) is 83.0 Å². The number of esters is 5. The molecule has 0 atom stereocenters. The molecular weight excluding hydrogens is 1420 g/mol. The lowest BCUT2D eigenvalue weighted by atomic mass is 9.91. The standard InChI is InChI=1S/C65H75Br5O15/c1-61(2,3)81-51(71)31-76-56-37-18-36-16-17-50(70)49(60(36)80-35-55(75)85-65(13,14)15)30-44-29-48(69)28-43(59(44)79-34-54(74)84-64(10,11)12)21-42-27-47(68)26-41(58(42)78-33-53(73)83-63(7,8)9)20-40-25-46(67)24-39(19-38(56)23-45(66)22-37)57(40)77-32-52(72)82-62(4,5)6/h16-17,22-29H,18-21,30-35H2,1-15H3. The summed E-state index contributed by atoms with van der Waals surface area (Å²) in [7, 11) is 0. The summed E-state index contributed by atoms with van der Waals surface area (Å²) in [4.78, 5) is 68.1. The first kappa shape index (κ1) is 69.0. The molecule has 15 nitrogen and oxygen atoms in total. The van der Waals surface area contributed by atoms with Gasteiger partial charge >= 0.3 is 29.8 Å². The Kier molecular flexibility index (Phi) is 23.0. The van der Waals surface area contributed by atoms with Gasteiger partial charge in [0.15, 0.2) is 33.0 Å². The van der Waals surface area contributed by atoms with Crippen LogP contribution in [0.25, 0.3) is 0 Å². The molecule has 0 radical (unpaired) electrons. The highest BCUT2D eigenvalue weighted by molar-refractivity contribution is 9.11. The molecule has 0 amide bonds. The molecule has 10 bridgehead atoms. The van der Waals surface area contributed by atoms with E-state index in [2.05, 4.69) is 79.6 Å². The second kappa shape index (κ2) is 28.3. The number of hydrogen-bond acceptors (Lipinski definition) is 15. The summed E-state index contributed by atoms with van der Waals surface area (Å²) >= 11 is 19.1. The van der Waals surface area contributed by atoms with Crippen LogP contribution in [-0.2, 0) is 79.8 Å². The minimum absolute atomic E-state index is 0.112. The third-order valence-electron chi connectivity index (χ3n) is 11.8. The molecule has 460 valence electrons. The Hall–Kier alpha value is -5.15. The predicted molar refractivity (Wildman–Crippen MR) is 341 cm³/mol. The first-order chi connectivity index (χ1) is 39.3. The smallest absolute Gasteiger partial charge is 0.344 e. The first-order valence-electron chi connectivity index (χ1n) is 27.6. The summed E-state index contributed by atoms with van der Waals surface area (Å²) in [6.07, 6.45) is 0.616. The molecule has 85 heavy (non-hydrogen) atoms. The molecule has 1 aliphatic rings. The molecule has 0 unspecified atom stereocenters. The summed E-state index contributed by atoms with van der Waals surface area (Å²) < 4.78 is 65.2. The summed E-state index contributed by atoms with van der Waals surface area (Å²) in [6, 6.07) is 18.8. The molecule has 6 rings (SSSR count). The highest BCUT2D eigenvalue weighted by atomic mass is 79.9. The SMILES string of the molecule is CC(C)(C)OC(=O)COc1c2cc(Br)cc1Cc1cc(Br)cc(c1OCC(=O)OC(C)(C)C)Cc1ccc(Br)c(c1OCC(=O)OC(C)(C)C)Cc1cc(Br)cc(c1OCC(=O)OC(C)(C)C)Cc1cc(Br)cc(c1OCC(=O)OC(C)(C)C)C2. The summed E-state index contributed by atoms with van der Waals surface area (Å²) in [5, 5.41) is 0. The third-order valence-corrected chi connectivity index (χ3v) is 14.4. The number of rotatable bonds is 15. The Morgan fingerprint density at radius 1 is 0.306 bits per heavy atom. The highest BCUT2D eigenvalue weighted by Gasteiger charge is 2.29. The van der Waals surface area contributed by atoms with E-state index >= 15 is 0 Å². The summed E-state index contributed by atoms with van der Waals surface area (Å²) in [5.74, 6) is -1.36. The van der Waals surface area contributed by atoms with Gasteiger partial charge in [0, 0.05) is 105 Å². The van der Waals surface area contributed by atoms with Crippen LogP contribution in [0.5, 0.6) is 28.7 Å². The molecule has 0 N–H and O–H groups in total. The molecule has 5 aromatic rings. The van der Waals surface area contributed by atoms with Gasteiger partial charge in [-0.15, -0.1) is 0 Å². The lowest BCUT2D eigenvalue weighted by Gasteiger charge is -2.25. The van der Waals surface area contributed by atoms with E-state index in [0.717, 1.165) is 0 Å². The number of hydrogen-bond donors (Lipinski definition) is 0. The van der Waals surface area contributed by atoms with Crippen molar-refractivity contribution in [2.24, 2.45) is 0 Å². The summed E-state index contributed by atoms with van der Waals surface area (Å²) in [6.45, 7) is 24.2. The molecule has 20 heteroatoms. The van der Waals surface area contributed by atoms with E-state index < -0.39 is 90.9 Å². The van der Waals surface area contributed by atoms with Gasteiger partial charge < -0.3 is 47.4 Å². The lowest BCUT2D eigenvalue weighted by molar-refractivity contribution is -0.158. The largest absolute Gasteiger partial charge is 0.481 e. The molecule has 1 aliphatic carbocycles. The van der Waals surface area contributed by atoms with E-state index in [9.17, 15) is 24.0 Å². The minimum Gasteiger partial charge on any atom is -0.481 e. The molecule has 0 fully saturated rings. The Morgan fingerprint density at radius 2 is 0.506 bits per heavy atom. The zero-order chi connectivity index (χ0) is 63.1. The van der Waals surface area contributed by atoms with Crippen LogP contribution >= 0.6 is 79.6 Å². The van der Waals surface area contributed by atoms with Crippen LogP contribution in [0.2, 0.25) is 0 Å². The molecule has 0 saturated heterocycles. The van der Waals surface area contributed by atoms with Gasteiger partial charge in [0.1, 0.15) is 56.8 Å². The van der Waals surface area contributed by atoms with Gasteiger partial charge in [-0.25, -0.2) is 24.0 Å². The van der Waals surface area contributed by atoms with Gasteiger partial charge in [0.2, 0.25) is 0 Å². The van der Waals surface area contributed by atoms with Crippen molar-refractivity contribution in [1.82, 2.24) is 0 Å². The van der Waals surface area contributed by atoms with Crippen molar-refractivity contribution in [3.8, 4) is 28.7 Å². The van der Waals surface area contributed by atoms with Crippen molar-refractivity contribution in [3.05, 3.63) is 139 Å². The van der Waals surface area contributed by atoms with Crippen LogP contribution in [0.4, 0.5) is 0 Å². The molecule has 0 heterocycles. The van der Waals surface area contributed by atoms with Crippen LogP contribution in [0.3, 0.4) is 0 Å². The number of fused-ring (bicyclic) bond motifs is 10. The summed E-state index contributed by atoms with van der Waals surface area (Å²) in [5.41, 5.74) is 2.00. The normalized spacial score (nSPS) is 12.9. The average Bonchev–Trinajstić information content (AvgIpc) is 2.56. The second-order valence-electron chi connectivity index (χ2n) is 25.5. The zero-order valence-corrected chi connectivity index (χ0v) is 58.8. The Labute approximate surface area is 541 Å². The quantitative estimate of drug-likeness (QED) is 0.0700. The molecule has 0 spiro atoms. The van der Waals surface area contributed by atoms with Crippen molar-refractivity contribution in [1.29, 1.82) is 0 Å². The number of carbonyl (C=O) groups excluding carboxylic acids is 5. The molecular formula is C65H75Br5O15. The van der Waals surface area contributed by atoms with Crippen LogP contribution in [0, 0.1) is 0 Å². The number of carbonyl (C=O) groups is 5. The molecule has 0 aliphatic heterocycles. The molecule has 5 aromatic carbocycles. The maximum Gasteiger partial charge on any atom is 0.344 e. The van der Waals surface area contributed by atoms with Crippen molar-refractivity contribution in [2.75, 3.05) is 33.0 Å². The van der Waals surface area contributed by atoms with Crippen LogP contribution < -0.4 is 23.7 Å². The fourth-order valence-electron chi connectivity index (χ4n) is 9.30. The van der Waals surface area contributed by atoms with Gasteiger partial charge in [-0.1, -0.05) is 85.7 Å². The number of ether oxygens (including phenoxy) is 10. The Bertz CT molecular complexity index is 3320. The zero-order valence-electron chi connectivity index (χ0n) is 50.9. The Balaban J connectivity index is 1.74. The van der Waals surface area contributed by atoms with Crippen molar-refractivity contribution < 1.29 is 71.3 Å². The second-order valence-corrected chi connectivity index (χ2v) is 30.0. The van der Waals surface area contributed by atoms with E-state index in [0.29, 0.717) is 107 Å². The maximum absolute atomic E-state index is 13.6. The lowest BCUT2D eigenvalue weighted by Crippen LogP contribution is -2.28. The predicted octanol–water partition coefficient (Wildman–Crippen LogP) is 15.4. The van der Waals surface area contributed by atoms with E-state index in [1.54, 1.807) is 104 Å². The Morgan fingerprint density at radius 3 is 0.729 bits per heavy atom. The maximum atomic E-state index is 13.6. The first-order valence-corrected chi connectivity index (χ1v) is 31.5. The van der Waals surface area contributed by atoms with Crippen LogP contribution in [0.1, 0.15) is 159 Å². The topological polar surface area (TPSA) is 178 Å². The van der Waals surface area contributed by atoms with Gasteiger partial charge in [-0.05, 0) is 164 Å². The molecule has 0 saturated carbocycles. The fourth-order valence-corrected chi connectivity index (χ4v) is 12.0. The number of benzene rings is 5. The van der Waals surface area contributed by atoms with Crippen molar-refractivity contribution >= 4 is 109 Å². The highest BCUT2D eigenvalue weighted by Crippen LogP contribution is 2.44. The average molecular weight is 1500 g/mol. The van der Waals surface area contributed by atoms with E-state index in [1.165, 1.54) is 0 Å². The minimum atomic E-state index is -0.824. The third kappa shape index (κ3) is 21.9. The van der Waals surface area contributed by atoms with Gasteiger partial charge in [-0.2, -0.15) is 0 Å². The number of halogens is 5. The van der Waals surface area contributed by atoms with Crippen LogP contribution in [-0.4, -0.2) is 90.9 Å². The monoisotopic (exact) mass is 1490 g/mol. The van der Waals surface area contributed by atoms with E-state index in [4.69, 9.17) is 47.4 Å². The van der Waals surface area contributed by atoms with Crippen molar-refractivity contribution in [3.63, 3.8) is 0 Å².